The van der Waals surface area contributed by atoms with E-state index in [1.165, 1.54) is 0 Å². The first kappa shape index (κ1) is 24.3. The highest BCUT2D eigenvalue weighted by Crippen LogP contribution is 2.28. The molecule has 6 heteroatoms. The van der Waals surface area contributed by atoms with Crippen molar-refractivity contribution >= 4 is 5.97 Å². The van der Waals surface area contributed by atoms with E-state index < -0.39 is 11.6 Å². The number of carbonyl (C=O) groups is 1. The number of rotatable bonds is 5. The topological polar surface area (TPSA) is 97.2 Å². The fraction of sp³-hybridized carbons (Fsp3) is 0.350. The molecule has 0 aromatic heterocycles. The maximum atomic E-state index is 11.3. The summed E-state index contributed by atoms with van der Waals surface area (Å²) in [6.45, 7) is 7.47. The highest BCUT2D eigenvalue weighted by Gasteiger charge is 2.32. The average Bonchev–Trinajstić information content (AvgIpc) is 2.60. The second-order valence-electron chi connectivity index (χ2n) is 6.81. The van der Waals surface area contributed by atoms with E-state index in [0.717, 1.165) is 6.54 Å². The van der Waals surface area contributed by atoms with Crippen LogP contribution in [-0.2, 0) is 10.4 Å². The third kappa shape index (κ3) is 7.25. The van der Waals surface area contributed by atoms with Crippen LogP contribution in [0.1, 0.15) is 31.9 Å². The summed E-state index contributed by atoms with van der Waals surface area (Å²) in [5.74, 6) is -1.53. The minimum absolute atomic E-state index is 0. The van der Waals surface area contributed by atoms with Gasteiger partial charge in [0.25, 0.3) is 0 Å². The summed E-state index contributed by atoms with van der Waals surface area (Å²) in [6.07, 6.45) is 0. The Labute approximate surface area is 165 Å². The molecule has 0 fully saturated rings. The van der Waals surface area contributed by atoms with Crippen LogP contribution in [0.4, 0.5) is 0 Å². The number of halogens is 1. The van der Waals surface area contributed by atoms with Crippen molar-refractivity contribution in [3.05, 3.63) is 71.8 Å². The molecule has 0 saturated carbocycles. The number of hydrogen-bond acceptors (Lipinski definition) is 4. The second-order valence-corrected chi connectivity index (χ2v) is 6.81. The van der Waals surface area contributed by atoms with Crippen molar-refractivity contribution < 1.29 is 42.4 Å². The number of carbonyl (C=O) groups excluding carboxylic acids is 1. The number of quaternary nitrogens is 1. The van der Waals surface area contributed by atoms with Crippen molar-refractivity contribution in [2.75, 3.05) is 13.2 Å². The van der Waals surface area contributed by atoms with Gasteiger partial charge in [0.2, 0.25) is 0 Å². The van der Waals surface area contributed by atoms with Gasteiger partial charge in [-0.25, -0.2) is 0 Å². The molecular formula is C20H27BrNO4-. The molecule has 0 saturated heterocycles. The Hall–Kier alpha value is -1.73. The Balaban J connectivity index is 0.000000597. The molecule has 0 radical (unpaired) electrons. The first-order valence-electron chi connectivity index (χ1n) is 8.22. The molecule has 0 heterocycles. The van der Waals surface area contributed by atoms with E-state index in [1.807, 2.05) is 0 Å². The number of nitrogens with two attached hydrogens (primary N) is 1. The maximum Gasteiger partial charge on any atom is 0.154 e. The third-order valence-electron chi connectivity index (χ3n) is 3.56. The summed E-state index contributed by atoms with van der Waals surface area (Å²) >= 11 is 0. The van der Waals surface area contributed by atoms with Gasteiger partial charge in [0.1, 0.15) is 0 Å². The Morgan fingerprint density at radius 2 is 1.35 bits per heavy atom. The van der Waals surface area contributed by atoms with Crippen LogP contribution in [0.25, 0.3) is 0 Å². The Bertz CT molecular complexity index is 602. The van der Waals surface area contributed by atoms with Gasteiger partial charge < -0.3 is 42.4 Å². The molecule has 5 nitrogen and oxygen atoms in total. The zero-order valence-corrected chi connectivity index (χ0v) is 16.9. The summed E-state index contributed by atoms with van der Waals surface area (Å²) in [7, 11) is 0. The largest absolute Gasteiger partial charge is 1.00 e. The third-order valence-corrected chi connectivity index (χ3v) is 3.56. The fourth-order valence-corrected chi connectivity index (χ4v) is 2.26. The number of aliphatic carboxylic acids is 1. The lowest BCUT2D eigenvalue weighted by Crippen LogP contribution is -3.00. The monoisotopic (exact) mass is 424 g/mol. The first-order chi connectivity index (χ1) is 11.7. The van der Waals surface area contributed by atoms with E-state index in [-0.39, 0.29) is 40.3 Å². The van der Waals surface area contributed by atoms with Crippen LogP contribution in [-0.4, -0.2) is 34.9 Å². The Morgan fingerprint density at radius 1 is 0.962 bits per heavy atom. The van der Waals surface area contributed by atoms with Gasteiger partial charge in [-0.2, -0.15) is 0 Å². The van der Waals surface area contributed by atoms with Crippen molar-refractivity contribution in [3.8, 4) is 0 Å². The standard InChI is InChI=1S/C14H12O3.C6H15NO.BrH/c15-13(16)14(17,11-7-3-1-4-8-11)12-9-5-2-6-10-12;1-6(2,3)7-4-5-8;/h1-10,17H,(H,15,16);7-8H,4-5H2,1-3H3;1H/p-1. The highest BCUT2D eigenvalue weighted by atomic mass is 79.9. The number of carboxylic acids is 1. The summed E-state index contributed by atoms with van der Waals surface area (Å²) in [5, 5.41) is 32.1. The number of aliphatic hydroxyl groups is 2. The number of carboxylic acid groups (broad SMARTS) is 1. The molecule has 0 aliphatic carbocycles. The molecule has 0 unspecified atom stereocenters. The van der Waals surface area contributed by atoms with Crippen LogP contribution in [0.15, 0.2) is 60.7 Å². The van der Waals surface area contributed by atoms with E-state index in [1.54, 1.807) is 60.7 Å². The molecular weight excluding hydrogens is 398 g/mol. The number of aliphatic hydroxyl groups excluding tert-OH is 1. The molecule has 0 amide bonds. The molecule has 2 aromatic carbocycles. The van der Waals surface area contributed by atoms with E-state index in [2.05, 4.69) is 26.1 Å². The minimum atomic E-state index is -2.11. The van der Waals surface area contributed by atoms with Crippen LogP contribution in [0.5, 0.6) is 0 Å². The fourth-order valence-electron chi connectivity index (χ4n) is 2.26. The van der Waals surface area contributed by atoms with Crippen molar-refractivity contribution in [2.24, 2.45) is 0 Å². The normalized spacial score (nSPS) is 11.0. The first-order valence-corrected chi connectivity index (χ1v) is 8.22. The zero-order valence-electron chi connectivity index (χ0n) is 15.4. The molecule has 144 valence electrons. The lowest BCUT2D eigenvalue weighted by Gasteiger charge is -2.30. The molecule has 0 spiro atoms. The lowest BCUT2D eigenvalue weighted by atomic mass is 9.86. The van der Waals surface area contributed by atoms with Gasteiger partial charge in [0.05, 0.1) is 24.7 Å². The molecule has 4 N–H and O–H groups in total. The second kappa shape index (κ2) is 11.1. The van der Waals surface area contributed by atoms with E-state index >= 15 is 0 Å². The van der Waals surface area contributed by atoms with E-state index in [4.69, 9.17) is 5.11 Å². The van der Waals surface area contributed by atoms with Gasteiger partial charge in [-0.05, 0) is 31.9 Å². The van der Waals surface area contributed by atoms with Crippen LogP contribution < -0.4 is 27.4 Å². The van der Waals surface area contributed by atoms with Gasteiger partial charge >= 0.3 is 0 Å². The summed E-state index contributed by atoms with van der Waals surface area (Å²) in [5.41, 5.74) is -1.27. The van der Waals surface area contributed by atoms with E-state index in [0.29, 0.717) is 0 Å². The van der Waals surface area contributed by atoms with Gasteiger partial charge in [0.15, 0.2) is 5.60 Å². The van der Waals surface area contributed by atoms with Gasteiger partial charge in [-0.1, -0.05) is 60.7 Å². The Kier molecular flexibility index (Phi) is 10.3. The molecule has 0 bridgehead atoms. The number of hydrogen-bond donors (Lipinski definition) is 3. The molecule has 2 rings (SSSR count). The van der Waals surface area contributed by atoms with Crippen molar-refractivity contribution in [3.63, 3.8) is 0 Å². The zero-order chi connectivity index (χ0) is 18.9. The average molecular weight is 425 g/mol. The van der Waals surface area contributed by atoms with Crippen molar-refractivity contribution in [1.82, 2.24) is 0 Å². The summed E-state index contributed by atoms with van der Waals surface area (Å²) in [4.78, 5) is 11.3. The minimum Gasteiger partial charge on any atom is -1.00 e. The van der Waals surface area contributed by atoms with Gasteiger partial charge in [-0.3, -0.25) is 0 Å². The molecule has 0 aliphatic rings. The smallest absolute Gasteiger partial charge is 0.154 e. The lowest BCUT2D eigenvalue weighted by molar-refractivity contribution is -0.717. The van der Waals surface area contributed by atoms with Crippen LogP contribution in [0, 0.1) is 0 Å². The molecule has 26 heavy (non-hydrogen) atoms. The van der Waals surface area contributed by atoms with Gasteiger partial charge in [-0.15, -0.1) is 0 Å². The number of benzene rings is 2. The van der Waals surface area contributed by atoms with E-state index in [9.17, 15) is 15.0 Å². The molecule has 2 aromatic rings. The van der Waals surface area contributed by atoms with Crippen molar-refractivity contribution in [2.45, 2.75) is 31.9 Å². The maximum absolute atomic E-state index is 11.3. The predicted octanol–water partition coefficient (Wildman–Crippen LogP) is -2.98. The quantitative estimate of drug-likeness (QED) is 0.476. The van der Waals surface area contributed by atoms with Crippen LogP contribution in [0.3, 0.4) is 0 Å². The Morgan fingerprint density at radius 3 is 1.58 bits per heavy atom. The summed E-state index contributed by atoms with van der Waals surface area (Å²) < 4.78 is 0. The van der Waals surface area contributed by atoms with Crippen LogP contribution in [0.2, 0.25) is 0 Å². The van der Waals surface area contributed by atoms with Gasteiger partial charge in [0, 0.05) is 0 Å². The SMILES string of the molecule is CC(C)(C)[NH2+]CCO.O=C([O-])C(O)(c1ccccc1)c1ccccc1.[Br-]. The van der Waals surface area contributed by atoms with Crippen LogP contribution >= 0.6 is 0 Å². The molecule has 0 aliphatic heterocycles. The molecule has 0 atom stereocenters. The summed E-state index contributed by atoms with van der Waals surface area (Å²) in [6, 6.07) is 16.4. The van der Waals surface area contributed by atoms with Crippen molar-refractivity contribution in [1.29, 1.82) is 0 Å². The predicted molar refractivity (Wildman–Crippen MR) is 94.5 cm³/mol. The highest BCUT2D eigenvalue weighted by molar-refractivity contribution is 5.81.